The Bertz CT molecular complexity index is 1310. The molecule has 3 heterocycles. The molecule has 4 rings (SSSR count). The predicted molar refractivity (Wildman–Crippen MR) is 104 cm³/mol. The molecule has 0 bridgehead atoms. The van der Waals surface area contributed by atoms with Crippen LogP contribution < -0.4 is 5.32 Å². The van der Waals surface area contributed by atoms with E-state index in [0.29, 0.717) is 11.3 Å². The van der Waals surface area contributed by atoms with Gasteiger partial charge in [0, 0.05) is 50.3 Å². The second kappa shape index (κ2) is 7.13. The third-order valence-electron chi connectivity index (χ3n) is 4.61. The average Bonchev–Trinajstić information content (AvgIpc) is 3.32. The van der Waals surface area contributed by atoms with E-state index in [-0.39, 0.29) is 22.5 Å². The van der Waals surface area contributed by atoms with Gasteiger partial charge < -0.3 is 9.88 Å². The Labute approximate surface area is 167 Å². The molecule has 1 amide bonds. The highest BCUT2D eigenvalue weighted by atomic mass is 32.2. The number of nitrogens with zero attached hydrogens (tertiary/aromatic N) is 5. The van der Waals surface area contributed by atoms with Crippen LogP contribution in [-0.4, -0.2) is 38.2 Å². The van der Waals surface area contributed by atoms with E-state index in [1.807, 2.05) is 0 Å². The molecule has 0 aliphatic rings. The Morgan fingerprint density at radius 1 is 1.10 bits per heavy atom. The summed E-state index contributed by atoms with van der Waals surface area (Å²) in [7, 11) is -2.05. The van der Waals surface area contributed by atoms with Gasteiger partial charge >= 0.3 is 0 Å². The van der Waals surface area contributed by atoms with Gasteiger partial charge in [0.2, 0.25) is 20.8 Å². The Kier molecular flexibility index (Phi) is 4.63. The summed E-state index contributed by atoms with van der Waals surface area (Å²) in [5.74, 6) is 0.231. The van der Waals surface area contributed by atoms with Crippen LogP contribution in [0.2, 0.25) is 0 Å². The molecule has 3 aromatic heterocycles. The van der Waals surface area contributed by atoms with Crippen molar-refractivity contribution in [1.29, 1.82) is 0 Å². The summed E-state index contributed by atoms with van der Waals surface area (Å²) in [6.07, 6.45) is 7.94. The maximum atomic E-state index is 12.7. The monoisotopic (exact) mass is 410 g/mol. The van der Waals surface area contributed by atoms with Crippen LogP contribution in [0, 0.1) is 6.92 Å². The number of aryl methyl sites for hydroxylation is 1. The van der Waals surface area contributed by atoms with E-state index in [4.69, 9.17) is 0 Å². The van der Waals surface area contributed by atoms with Crippen LogP contribution in [0.3, 0.4) is 0 Å². The van der Waals surface area contributed by atoms with Gasteiger partial charge in [0.15, 0.2) is 0 Å². The molecule has 0 atom stereocenters. The summed E-state index contributed by atoms with van der Waals surface area (Å²) in [6, 6.07) is 6.36. The molecule has 9 nitrogen and oxygen atoms in total. The van der Waals surface area contributed by atoms with E-state index in [2.05, 4.69) is 20.3 Å². The Morgan fingerprint density at radius 3 is 2.55 bits per heavy atom. The summed E-state index contributed by atoms with van der Waals surface area (Å²) in [5.41, 5.74) is 1.93. The van der Waals surface area contributed by atoms with Crippen molar-refractivity contribution in [2.24, 2.45) is 7.05 Å². The Hall–Kier alpha value is -3.53. The van der Waals surface area contributed by atoms with E-state index < -0.39 is 9.84 Å². The lowest BCUT2D eigenvalue weighted by molar-refractivity contribution is 0.0950. The Morgan fingerprint density at radius 2 is 1.86 bits per heavy atom. The number of fused-ring (bicyclic) bond motifs is 1. The van der Waals surface area contributed by atoms with Crippen LogP contribution >= 0.6 is 0 Å². The van der Waals surface area contributed by atoms with E-state index in [1.165, 1.54) is 29.1 Å². The highest BCUT2D eigenvalue weighted by Gasteiger charge is 2.23. The van der Waals surface area contributed by atoms with Crippen molar-refractivity contribution in [3.63, 3.8) is 0 Å². The fourth-order valence-electron chi connectivity index (χ4n) is 2.83. The summed E-state index contributed by atoms with van der Waals surface area (Å²) in [5, 5.41) is 2.79. The molecular weight excluding hydrogens is 392 g/mol. The van der Waals surface area contributed by atoms with Gasteiger partial charge in [-0.2, -0.15) is 0 Å². The van der Waals surface area contributed by atoms with Gasteiger partial charge in [0.05, 0.1) is 10.5 Å². The van der Waals surface area contributed by atoms with Crippen molar-refractivity contribution >= 4 is 21.5 Å². The van der Waals surface area contributed by atoms with Crippen LogP contribution in [0.1, 0.15) is 21.6 Å². The predicted octanol–water partition coefficient (Wildman–Crippen LogP) is 1.53. The molecule has 0 aliphatic heterocycles. The number of imidazole rings is 2. The SMILES string of the molecule is Cc1cnc(S(=O)(=O)c2ccc(CNC(=O)c3cnc4nccn4c3)cc2)n1C. The molecule has 10 heteroatoms. The fourth-order valence-corrected chi connectivity index (χ4v) is 4.23. The average molecular weight is 410 g/mol. The van der Waals surface area contributed by atoms with Gasteiger partial charge in [-0.1, -0.05) is 12.1 Å². The first-order chi connectivity index (χ1) is 13.9. The Balaban J connectivity index is 1.46. The van der Waals surface area contributed by atoms with Gasteiger partial charge in [-0.3, -0.25) is 9.20 Å². The molecule has 4 aromatic rings. The molecule has 0 radical (unpaired) electrons. The summed E-state index contributed by atoms with van der Waals surface area (Å²) in [6.45, 7) is 2.04. The van der Waals surface area contributed by atoms with Crippen molar-refractivity contribution in [3.05, 3.63) is 72.1 Å². The van der Waals surface area contributed by atoms with Crippen LogP contribution in [0.25, 0.3) is 5.78 Å². The summed E-state index contributed by atoms with van der Waals surface area (Å²) >= 11 is 0. The van der Waals surface area contributed by atoms with Gasteiger partial charge in [0.1, 0.15) is 0 Å². The zero-order valence-corrected chi connectivity index (χ0v) is 16.6. The lowest BCUT2D eigenvalue weighted by atomic mass is 10.2. The largest absolute Gasteiger partial charge is 0.348 e. The lowest BCUT2D eigenvalue weighted by Crippen LogP contribution is -2.23. The van der Waals surface area contributed by atoms with Gasteiger partial charge in [-0.25, -0.2) is 23.4 Å². The number of hydrogen-bond donors (Lipinski definition) is 1. The van der Waals surface area contributed by atoms with Crippen molar-refractivity contribution in [3.8, 4) is 0 Å². The number of hydrogen-bond acceptors (Lipinski definition) is 6. The third kappa shape index (κ3) is 3.49. The first-order valence-electron chi connectivity index (χ1n) is 8.75. The summed E-state index contributed by atoms with van der Waals surface area (Å²) in [4.78, 5) is 24.6. The van der Waals surface area contributed by atoms with E-state index in [9.17, 15) is 13.2 Å². The number of sulfone groups is 1. The number of aromatic nitrogens is 5. The standard InChI is InChI=1S/C19H18N6O3S/c1-13-9-23-19(24(13)2)29(27,28)16-5-3-14(4-6-16)10-21-17(26)15-11-22-18-20-7-8-25(18)12-15/h3-9,11-12H,10H2,1-2H3,(H,21,26). The van der Waals surface area contributed by atoms with E-state index in [0.717, 1.165) is 11.3 Å². The van der Waals surface area contributed by atoms with Crippen molar-refractivity contribution in [2.45, 2.75) is 23.5 Å². The lowest BCUT2D eigenvalue weighted by Gasteiger charge is -2.08. The number of carbonyl (C=O) groups is 1. The smallest absolute Gasteiger partial charge is 0.254 e. The van der Waals surface area contributed by atoms with Crippen LogP contribution in [-0.2, 0) is 23.4 Å². The normalized spacial score (nSPS) is 11.7. The third-order valence-corrected chi connectivity index (χ3v) is 6.37. The minimum absolute atomic E-state index is 0.00144. The van der Waals surface area contributed by atoms with E-state index in [1.54, 1.807) is 49.1 Å². The van der Waals surface area contributed by atoms with E-state index >= 15 is 0 Å². The molecular formula is C19H18N6O3S. The maximum Gasteiger partial charge on any atom is 0.254 e. The first kappa shape index (κ1) is 18.8. The first-order valence-corrected chi connectivity index (χ1v) is 10.2. The second-order valence-corrected chi connectivity index (χ2v) is 8.39. The molecule has 29 heavy (non-hydrogen) atoms. The fraction of sp³-hybridized carbons (Fsp3) is 0.158. The second-order valence-electron chi connectivity index (χ2n) is 6.55. The van der Waals surface area contributed by atoms with Gasteiger partial charge in [-0.05, 0) is 24.6 Å². The minimum Gasteiger partial charge on any atom is -0.348 e. The molecule has 0 fully saturated rings. The molecule has 0 saturated heterocycles. The number of benzene rings is 1. The van der Waals surface area contributed by atoms with Crippen molar-refractivity contribution < 1.29 is 13.2 Å². The maximum absolute atomic E-state index is 12.7. The number of carbonyl (C=O) groups excluding carboxylic acids is 1. The van der Waals surface area contributed by atoms with Crippen LogP contribution in [0.15, 0.2) is 65.3 Å². The molecule has 0 unspecified atom stereocenters. The minimum atomic E-state index is -3.71. The van der Waals surface area contributed by atoms with Crippen LogP contribution in [0.4, 0.5) is 0 Å². The van der Waals surface area contributed by atoms with Crippen molar-refractivity contribution in [2.75, 3.05) is 0 Å². The molecule has 1 aromatic carbocycles. The number of amides is 1. The summed E-state index contributed by atoms with van der Waals surface area (Å²) < 4.78 is 28.7. The topological polar surface area (TPSA) is 111 Å². The van der Waals surface area contributed by atoms with Gasteiger partial charge in [0.25, 0.3) is 5.91 Å². The molecule has 0 spiro atoms. The van der Waals surface area contributed by atoms with Crippen molar-refractivity contribution in [1.82, 2.24) is 29.2 Å². The van der Waals surface area contributed by atoms with Gasteiger partial charge in [-0.15, -0.1) is 0 Å². The number of nitrogens with one attached hydrogen (secondary N) is 1. The highest BCUT2D eigenvalue weighted by Crippen LogP contribution is 2.20. The number of rotatable bonds is 5. The zero-order chi connectivity index (χ0) is 20.6. The molecule has 148 valence electrons. The highest BCUT2D eigenvalue weighted by molar-refractivity contribution is 7.91. The molecule has 0 saturated carbocycles. The van der Waals surface area contributed by atoms with Crippen LogP contribution in [0.5, 0.6) is 0 Å². The zero-order valence-electron chi connectivity index (χ0n) is 15.8. The molecule has 1 N–H and O–H groups in total. The molecule has 0 aliphatic carbocycles. The quantitative estimate of drug-likeness (QED) is 0.534.